The minimum atomic E-state index is -0.838. The van der Waals surface area contributed by atoms with Crippen molar-refractivity contribution in [3.05, 3.63) is 0 Å². The van der Waals surface area contributed by atoms with E-state index >= 15 is 0 Å². The summed E-state index contributed by atoms with van der Waals surface area (Å²) in [7, 11) is 0. The molecule has 0 aliphatic rings. The van der Waals surface area contributed by atoms with Gasteiger partial charge in [0.15, 0.2) is 0 Å². The molecule has 0 N–H and O–H groups in total. The first kappa shape index (κ1) is 15.7. The minimum absolute atomic E-state index is 0. The monoisotopic (exact) mass is 172 g/mol. The predicted molar refractivity (Wildman–Crippen MR) is 24.0 cm³/mol. The van der Waals surface area contributed by atoms with Gasteiger partial charge < -0.3 is 22.1 Å². The van der Waals surface area contributed by atoms with Crippen molar-refractivity contribution < 1.29 is 22.1 Å². The Bertz CT molecular complexity index is 57.2. The summed E-state index contributed by atoms with van der Waals surface area (Å²) in [5, 5.41) is 9.66. The summed E-state index contributed by atoms with van der Waals surface area (Å²) in [5.74, 6) is 1.97. The molecule has 3 heteroatoms. The van der Waals surface area contributed by atoms with Crippen LogP contribution in [0.4, 0.5) is 0 Å². The third-order valence-electron chi connectivity index (χ3n) is 0.235. The smallest absolute Gasteiger partial charge is 1.00 e. The summed E-state index contributed by atoms with van der Waals surface area (Å²) in [6.45, 7) is 1.43. The third-order valence-corrected chi connectivity index (χ3v) is 0.235. The number of hydrogen-bond acceptors (Lipinski definition) is 1. The van der Waals surface area contributed by atoms with Crippen molar-refractivity contribution in [1.29, 1.82) is 0 Å². The number of hydrogen-bond donors (Lipinski definition) is 0. The van der Waals surface area contributed by atoms with Crippen LogP contribution in [0.2, 0.25) is 0 Å². The fourth-order valence-corrected chi connectivity index (χ4v) is 0. The fraction of sp³-hybridized carbons (Fsp3) is 0.500. The van der Waals surface area contributed by atoms with E-state index in [-0.39, 0.29) is 40.0 Å². The van der Waals surface area contributed by atoms with E-state index in [4.69, 9.17) is 0 Å². The first-order valence-electron chi connectivity index (χ1n) is 1.39. The quantitative estimate of drug-likeness (QED) is 0.270. The van der Waals surface area contributed by atoms with Crippen LogP contribution in [0, 0.1) is 12.3 Å². The molecule has 7 heavy (non-hydrogen) atoms. The predicted octanol–water partition coefficient (Wildman–Crippen LogP) is -4.01. The van der Waals surface area contributed by atoms with E-state index in [0.29, 0.717) is 0 Å². The molecule has 0 fully saturated rings. The molecule has 0 amide bonds. The van der Waals surface area contributed by atoms with Gasteiger partial charge >= 0.3 is 23.1 Å². The molecule has 36 valence electrons. The van der Waals surface area contributed by atoms with Crippen molar-refractivity contribution in [2.24, 2.45) is 0 Å². The summed E-state index contributed by atoms with van der Waals surface area (Å²) >= 11 is 0. The Morgan fingerprint density at radius 1 is 1.71 bits per heavy atom. The largest absolute Gasteiger partial charge is 2.00 e. The van der Waals surface area contributed by atoms with Crippen LogP contribution in [0.3, 0.4) is 0 Å². The van der Waals surface area contributed by atoms with Gasteiger partial charge in [-0.3, -0.25) is 0 Å². The standard InChI is InChI=1S/C4H5O.BrH.Mg/c1-3-4(2)5;;/h1,4H,2H3;1H;/q-1;;+2/p-1. The van der Waals surface area contributed by atoms with Crippen molar-refractivity contribution in [3.63, 3.8) is 0 Å². The Morgan fingerprint density at radius 2 is 1.86 bits per heavy atom. The van der Waals surface area contributed by atoms with Crippen molar-refractivity contribution in [2.45, 2.75) is 13.0 Å². The molecule has 0 saturated carbocycles. The van der Waals surface area contributed by atoms with E-state index in [1.165, 1.54) is 6.92 Å². The van der Waals surface area contributed by atoms with Gasteiger partial charge in [0.1, 0.15) is 0 Å². The topological polar surface area (TPSA) is 23.1 Å². The summed E-state index contributed by atoms with van der Waals surface area (Å²) in [4.78, 5) is 0. The second kappa shape index (κ2) is 9.90. The van der Waals surface area contributed by atoms with Crippen molar-refractivity contribution in [1.82, 2.24) is 0 Å². The number of halogens is 1. The van der Waals surface area contributed by atoms with Gasteiger partial charge in [0, 0.05) is 0 Å². The maximum absolute atomic E-state index is 9.66. The molecular weight excluding hydrogens is 168 g/mol. The van der Waals surface area contributed by atoms with Gasteiger partial charge in [0.05, 0.1) is 0 Å². The average Bonchev–Trinajstić information content (AvgIpc) is 1.38. The first-order valence-corrected chi connectivity index (χ1v) is 1.39. The van der Waals surface area contributed by atoms with Gasteiger partial charge in [-0.2, -0.15) is 0 Å². The molecule has 0 spiro atoms. The Hall–Kier alpha value is 0.766. The van der Waals surface area contributed by atoms with E-state index in [1.807, 2.05) is 5.92 Å². The minimum Gasteiger partial charge on any atom is -1.00 e. The second-order valence-corrected chi connectivity index (χ2v) is 0.809. The summed E-state index contributed by atoms with van der Waals surface area (Å²) < 4.78 is 0. The molecule has 1 atom stereocenters. The zero-order valence-corrected chi connectivity index (χ0v) is 7.15. The van der Waals surface area contributed by atoms with Crippen LogP contribution in [-0.2, 0) is 0 Å². The first-order chi connectivity index (χ1) is 2.27. The molecule has 0 aromatic heterocycles. The van der Waals surface area contributed by atoms with E-state index in [0.717, 1.165) is 0 Å². The summed E-state index contributed by atoms with van der Waals surface area (Å²) in [5.41, 5.74) is 0. The molecule has 0 rings (SSSR count). The van der Waals surface area contributed by atoms with Gasteiger partial charge in [-0.1, -0.05) is 13.0 Å². The van der Waals surface area contributed by atoms with Crippen molar-refractivity contribution in [3.8, 4) is 12.3 Å². The molecular formula is C4H5BrMgO. The second-order valence-electron chi connectivity index (χ2n) is 0.809. The van der Waals surface area contributed by atoms with Crippen LogP contribution in [0.15, 0.2) is 0 Å². The average molecular weight is 173 g/mol. The number of terminal acetylenes is 1. The van der Waals surface area contributed by atoms with Crippen LogP contribution in [0.5, 0.6) is 0 Å². The molecule has 0 saturated heterocycles. The van der Waals surface area contributed by atoms with E-state index < -0.39 is 6.10 Å². The maximum Gasteiger partial charge on any atom is 2.00 e. The Balaban J connectivity index is -0.0000000800. The Labute approximate surface area is 70.4 Å². The zero-order valence-electron chi connectivity index (χ0n) is 4.15. The van der Waals surface area contributed by atoms with Crippen LogP contribution >= 0.6 is 0 Å². The van der Waals surface area contributed by atoms with Gasteiger partial charge in [-0.15, -0.1) is 12.3 Å². The molecule has 0 aromatic rings. The van der Waals surface area contributed by atoms with Crippen LogP contribution in [-0.4, -0.2) is 29.2 Å². The molecule has 0 aliphatic carbocycles. The molecule has 0 bridgehead atoms. The summed E-state index contributed by atoms with van der Waals surface area (Å²) in [6.07, 6.45) is 3.77. The van der Waals surface area contributed by atoms with Crippen LogP contribution in [0.1, 0.15) is 6.92 Å². The number of rotatable bonds is 0. The third kappa shape index (κ3) is 20.1. The Kier molecular flexibility index (Phi) is 22.1. The van der Waals surface area contributed by atoms with Crippen molar-refractivity contribution >= 4 is 23.1 Å². The van der Waals surface area contributed by atoms with Gasteiger partial charge in [0.25, 0.3) is 0 Å². The van der Waals surface area contributed by atoms with Gasteiger partial charge in [-0.05, 0) is 0 Å². The maximum atomic E-state index is 9.66. The van der Waals surface area contributed by atoms with Gasteiger partial charge in [-0.25, -0.2) is 0 Å². The van der Waals surface area contributed by atoms with Crippen LogP contribution in [0.25, 0.3) is 0 Å². The van der Waals surface area contributed by atoms with Crippen molar-refractivity contribution in [2.75, 3.05) is 0 Å². The molecule has 0 aromatic carbocycles. The Morgan fingerprint density at radius 3 is 1.86 bits per heavy atom. The summed E-state index contributed by atoms with van der Waals surface area (Å²) in [6, 6.07) is 0. The van der Waals surface area contributed by atoms with E-state index in [2.05, 4.69) is 6.42 Å². The zero-order chi connectivity index (χ0) is 4.28. The normalized spacial score (nSPS) is 9.29. The molecule has 1 unspecified atom stereocenters. The van der Waals surface area contributed by atoms with E-state index in [1.54, 1.807) is 0 Å². The van der Waals surface area contributed by atoms with Gasteiger partial charge in [0.2, 0.25) is 0 Å². The SMILES string of the molecule is C#CC(C)[O-].[Br-].[Mg+2]. The molecule has 0 heterocycles. The van der Waals surface area contributed by atoms with Crippen LogP contribution < -0.4 is 22.1 Å². The fourth-order valence-electron chi connectivity index (χ4n) is 0. The molecule has 0 aliphatic heterocycles. The van der Waals surface area contributed by atoms with E-state index in [9.17, 15) is 5.11 Å². The molecule has 0 radical (unpaired) electrons. The molecule has 1 nitrogen and oxygen atoms in total.